The summed E-state index contributed by atoms with van der Waals surface area (Å²) in [7, 11) is 0. The van der Waals surface area contributed by atoms with Crippen molar-refractivity contribution in [1.82, 2.24) is 36.9 Å². The largest absolute Gasteiger partial charge is 0.480 e. The number of aliphatic hydroxyl groups is 3. The highest BCUT2D eigenvalue weighted by Gasteiger charge is 2.35. The first kappa shape index (κ1) is 47.3. The fourth-order valence-corrected chi connectivity index (χ4v) is 5.44. The SMILES string of the molecule is CC(C)[C@H](NC(=O)[C@H](CCCN=C(N)N)NC(=O)[C@@H](NC(=O)[C@H](CO)NC(=O)[C@H](C)NC(=O)[C@@H](N)Cc1c[nH]c2ccccc12)[C@@H](C)O)C(=O)N[C@@H](CO)C(=O)O. The Kier molecular flexibility index (Phi) is 18.8. The first-order chi connectivity index (χ1) is 26.8. The summed E-state index contributed by atoms with van der Waals surface area (Å²) in [6, 6.07) is -2.66. The lowest BCUT2D eigenvalue weighted by Gasteiger charge is -2.28. The number of aliphatic imine (C=N–C) groups is 1. The molecule has 1 heterocycles. The number of nitrogens with two attached hydrogens (primary N) is 3. The van der Waals surface area contributed by atoms with Gasteiger partial charge in [0.1, 0.15) is 36.3 Å². The maximum absolute atomic E-state index is 13.5. The molecule has 2 rings (SSSR count). The number of carbonyl (C=O) groups excluding carboxylic acids is 6. The minimum absolute atomic E-state index is 0.0240. The lowest BCUT2D eigenvalue weighted by molar-refractivity contribution is -0.143. The number of carboxylic acid groups (broad SMARTS) is 1. The van der Waals surface area contributed by atoms with E-state index in [0.29, 0.717) is 0 Å². The molecule has 0 spiro atoms. The zero-order chi connectivity index (χ0) is 43.0. The van der Waals surface area contributed by atoms with E-state index < -0.39 is 109 Å². The summed E-state index contributed by atoms with van der Waals surface area (Å²) >= 11 is 0. The summed E-state index contributed by atoms with van der Waals surface area (Å²) in [5.41, 5.74) is 18.5. The standard InChI is InChI=1S/C35H55N11O11/c1-16(2)26(32(54)44-25(15-48)34(56)57)45-30(52)23(10-7-11-39-35(37)38)42-33(55)27(18(4)49)46-31(53)24(14-47)43-28(50)17(3)41-29(51)21(36)12-19-13-40-22-9-6-5-8-20(19)22/h5-6,8-9,13,16-18,21,23-27,40,47-49H,7,10-12,14-15,36H2,1-4H3,(H,41,51)(H,42,55)(H,43,50)(H,44,54)(H,45,52)(H,46,53)(H,56,57)(H4,37,38,39)/t17-,18+,21-,23-,24-,25-,26-,27-/m0/s1. The van der Waals surface area contributed by atoms with Gasteiger partial charge in [0.2, 0.25) is 35.4 Å². The minimum Gasteiger partial charge on any atom is -0.480 e. The predicted molar refractivity (Wildman–Crippen MR) is 205 cm³/mol. The van der Waals surface area contributed by atoms with Crippen molar-refractivity contribution in [2.45, 2.75) is 95.4 Å². The van der Waals surface area contributed by atoms with Gasteiger partial charge in [-0.25, -0.2) is 4.79 Å². The van der Waals surface area contributed by atoms with Crippen LogP contribution in [-0.2, 0) is 40.0 Å². The molecule has 0 fully saturated rings. The van der Waals surface area contributed by atoms with Crippen molar-refractivity contribution in [3.63, 3.8) is 0 Å². The van der Waals surface area contributed by atoms with Gasteiger partial charge in [-0.2, -0.15) is 0 Å². The lowest BCUT2D eigenvalue weighted by atomic mass is 10.0. The molecule has 8 atom stereocenters. The molecule has 22 nitrogen and oxygen atoms in total. The molecule has 17 N–H and O–H groups in total. The van der Waals surface area contributed by atoms with Gasteiger partial charge in [0.05, 0.1) is 25.4 Å². The van der Waals surface area contributed by atoms with E-state index in [0.717, 1.165) is 23.4 Å². The Hall–Kier alpha value is -5.84. The molecular weight excluding hydrogens is 750 g/mol. The van der Waals surface area contributed by atoms with Crippen LogP contribution in [0.5, 0.6) is 0 Å². The molecule has 316 valence electrons. The van der Waals surface area contributed by atoms with Crippen LogP contribution < -0.4 is 49.1 Å². The number of H-pyrrole nitrogens is 1. The van der Waals surface area contributed by atoms with Crippen molar-refractivity contribution in [3.05, 3.63) is 36.0 Å². The fraction of sp³-hybridized carbons (Fsp3) is 0.543. The number of nitrogens with zero attached hydrogens (tertiary/aromatic N) is 1. The van der Waals surface area contributed by atoms with Gasteiger partial charge in [0, 0.05) is 23.6 Å². The number of aliphatic carboxylic acids is 1. The van der Waals surface area contributed by atoms with Crippen LogP contribution in [0.2, 0.25) is 0 Å². The summed E-state index contributed by atoms with van der Waals surface area (Å²) in [6.07, 6.45) is 0.283. The van der Waals surface area contributed by atoms with E-state index in [1.54, 1.807) is 20.0 Å². The number of carboxylic acids is 1. The molecule has 0 aliphatic carbocycles. The first-order valence-corrected chi connectivity index (χ1v) is 18.1. The van der Waals surface area contributed by atoms with Crippen molar-refractivity contribution in [2.75, 3.05) is 19.8 Å². The molecule has 0 aliphatic heterocycles. The summed E-state index contributed by atoms with van der Waals surface area (Å²) in [5.74, 6) is -7.93. The predicted octanol–water partition coefficient (Wildman–Crippen LogP) is -4.87. The molecule has 6 amide bonds. The quantitative estimate of drug-likeness (QED) is 0.0285. The summed E-state index contributed by atoms with van der Waals surface area (Å²) < 4.78 is 0. The Labute approximate surface area is 328 Å². The Bertz CT molecular complexity index is 1750. The summed E-state index contributed by atoms with van der Waals surface area (Å²) in [6.45, 7) is 3.73. The second-order valence-electron chi connectivity index (χ2n) is 13.7. The van der Waals surface area contributed by atoms with Crippen molar-refractivity contribution >= 4 is 58.3 Å². The molecule has 2 aromatic rings. The molecule has 1 aromatic heterocycles. The van der Waals surface area contributed by atoms with Gasteiger partial charge in [-0.3, -0.25) is 33.8 Å². The van der Waals surface area contributed by atoms with E-state index in [-0.39, 0.29) is 31.8 Å². The van der Waals surface area contributed by atoms with Crippen LogP contribution >= 0.6 is 0 Å². The normalized spacial score (nSPS) is 15.4. The molecule has 22 heteroatoms. The maximum atomic E-state index is 13.5. The van der Waals surface area contributed by atoms with Crippen LogP contribution in [0.25, 0.3) is 10.9 Å². The molecule has 0 radical (unpaired) electrons. The van der Waals surface area contributed by atoms with Crippen LogP contribution in [0.1, 0.15) is 46.1 Å². The second-order valence-corrected chi connectivity index (χ2v) is 13.7. The average molecular weight is 806 g/mol. The number of amides is 6. The smallest absolute Gasteiger partial charge is 0.328 e. The molecule has 0 bridgehead atoms. The third-order valence-corrected chi connectivity index (χ3v) is 8.70. The monoisotopic (exact) mass is 805 g/mol. The number of fused-ring (bicyclic) bond motifs is 1. The van der Waals surface area contributed by atoms with Gasteiger partial charge in [-0.05, 0) is 50.7 Å². The minimum atomic E-state index is -1.75. The Morgan fingerprint density at radius 3 is 1.88 bits per heavy atom. The molecule has 1 aromatic carbocycles. The van der Waals surface area contributed by atoms with E-state index >= 15 is 0 Å². The topological polar surface area (TPSA) is 379 Å². The number of benzene rings is 1. The van der Waals surface area contributed by atoms with Gasteiger partial charge in [-0.15, -0.1) is 0 Å². The van der Waals surface area contributed by atoms with Gasteiger partial charge < -0.3 is 74.5 Å². The molecule has 0 saturated heterocycles. The van der Waals surface area contributed by atoms with Crippen LogP contribution in [0.15, 0.2) is 35.5 Å². The number of carbonyl (C=O) groups is 7. The number of guanidine groups is 1. The number of aromatic amines is 1. The van der Waals surface area contributed by atoms with Gasteiger partial charge in [0.25, 0.3) is 0 Å². The van der Waals surface area contributed by atoms with E-state index in [9.17, 15) is 54.0 Å². The van der Waals surface area contributed by atoms with Crippen LogP contribution in [0.3, 0.4) is 0 Å². The van der Waals surface area contributed by atoms with E-state index in [4.69, 9.17) is 17.2 Å². The highest BCUT2D eigenvalue weighted by atomic mass is 16.4. The third kappa shape index (κ3) is 14.6. The van der Waals surface area contributed by atoms with E-state index in [1.807, 2.05) is 24.3 Å². The number of nitrogens with one attached hydrogen (secondary N) is 7. The molecule has 0 aliphatic rings. The van der Waals surface area contributed by atoms with Crippen LogP contribution in [-0.4, -0.2) is 141 Å². The first-order valence-electron chi connectivity index (χ1n) is 18.1. The maximum Gasteiger partial charge on any atom is 0.328 e. The third-order valence-electron chi connectivity index (χ3n) is 8.70. The molecule has 0 saturated carbocycles. The Morgan fingerprint density at radius 1 is 0.737 bits per heavy atom. The van der Waals surface area contributed by atoms with Gasteiger partial charge in [0.15, 0.2) is 5.96 Å². The summed E-state index contributed by atoms with van der Waals surface area (Å²) in [4.78, 5) is 97.1. The van der Waals surface area contributed by atoms with Crippen molar-refractivity contribution in [2.24, 2.45) is 28.1 Å². The fourth-order valence-electron chi connectivity index (χ4n) is 5.44. The molecule has 0 unspecified atom stereocenters. The zero-order valence-corrected chi connectivity index (χ0v) is 32.2. The molecule has 57 heavy (non-hydrogen) atoms. The number of hydrogen-bond donors (Lipinski definition) is 14. The van der Waals surface area contributed by atoms with Gasteiger partial charge >= 0.3 is 5.97 Å². The number of para-hydroxylation sites is 1. The highest BCUT2D eigenvalue weighted by Crippen LogP contribution is 2.19. The van der Waals surface area contributed by atoms with Crippen molar-refractivity contribution in [1.29, 1.82) is 0 Å². The number of hydrogen-bond acceptors (Lipinski definition) is 12. The summed E-state index contributed by atoms with van der Waals surface area (Å²) in [5, 5.41) is 53.8. The second kappa shape index (κ2) is 22.6. The number of rotatable bonds is 23. The highest BCUT2D eigenvalue weighted by molar-refractivity contribution is 5.97. The van der Waals surface area contributed by atoms with Crippen molar-refractivity contribution in [3.8, 4) is 0 Å². The number of aliphatic hydroxyl groups excluding tert-OH is 3. The lowest BCUT2D eigenvalue weighted by Crippen LogP contribution is -2.62. The Morgan fingerprint density at radius 2 is 1.30 bits per heavy atom. The van der Waals surface area contributed by atoms with Crippen LogP contribution in [0.4, 0.5) is 0 Å². The van der Waals surface area contributed by atoms with Crippen LogP contribution in [0, 0.1) is 5.92 Å². The Balaban J connectivity index is 2.13. The van der Waals surface area contributed by atoms with Gasteiger partial charge in [-0.1, -0.05) is 32.0 Å². The zero-order valence-electron chi connectivity index (χ0n) is 32.2. The molecular formula is C35H55N11O11. The average Bonchev–Trinajstić information content (AvgIpc) is 3.56. The van der Waals surface area contributed by atoms with Crippen molar-refractivity contribution < 1.29 is 54.0 Å². The van der Waals surface area contributed by atoms with E-state index in [1.165, 1.54) is 6.92 Å². The van der Waals surface area contributed by atoms with E-state index in [2.05, 4.69) is 41.9 Å². The number of aromatic nitrogens is 1.